The van der Waals surface area contributed by atoms with E-state index in [1.165, 1.54) is 18.2 Å². The summed E-state index contributed by atoms with van der Waals surface area (Å²) in [6.45, 7) is 5.12. The number of alkyl halides is 3. The summed E-state index contributed by atoms with van der Waals surface area (Å²) in [7, 11) is 0. The molecule has 3 aromatic carbocycles. The molecule has 1 spiro atoms. The first kappa shape index (κ1) is 27.7. The van der Waals surface area contributed by atoms with Gasteiger partial charge in [0.25, 0.3) is 0 Å². The molecular weight excluding hydrogens is 521 g/mol. The zero-order chi connectivity index (χ0) is 28.5. The first-order valence-electron chi connectivity index (χ1n) is 13.4. The summed E-state index contributed by atoms with van der Waals surface area (Å²) < 4.78 is 45.7. The van der Waals surface area contributed by atoms with Crippen LogP contribution in [0.3, 0.4) is 0 Å². The second kappa shape index (κ2) is 11.0. The number of hydrogen-bond donors (Lipinski definition) is 1. The number of carboxylic acids is 1. The first-order valence-corrected chi connectivity index (χ1v) is 13.4. The van der Waals surface area contributed by atoms with E-state index in [0.29, 0.717) is 48.7 Å². The standard InChI is InChI=1S/C31H31F3N2O4/c1-2-40-27-15-21(14-24(17-27)23-4-3-5-25(16-23)31(32,33)34)19-35-12-10-30(11-13-35)18-28(37)36(20-30)26-8-6-22(7-9-26)29(38)39/h3-9,14-17H,2,10-13,18-20H2,1H3,(H,38,39). The van der Waals surface area contributed by atoms with Crippen molar-refractivity contribution in [2.24, 2.45) is 5.41 Å². The SMILES string of the molecule is CCOc1cc(CN2CCC3(CC2)CC(=O)N(c2ccc(C(=O)O)cc2)C3)cc(-c2cccc(C(F)(F)F)c2)c1. The van der Waals surface area contributed by atoms with Gasteiger partial charge in [-0.1, -0.05) is 12.1 Å². The minimum Gasteiger partial charge on any atom is -0.494 e. The van der Waals surface area contributed by atoms with Crippen molar-refractivity contribution < 1.29 is 32.6 Å². The second-order valence-corrected chi connectivity index (χ2v) is 10.7. The number of piperidine rings is 1. The van der Waals surface area contributed by atoms with Gasteiger partial charge < -0.3 is 14.7 Å². The highest BCUT2D eigenvalue weighted by Gasteiger charge is 2.45. The average Bonchev–Trinajstić information content (AvgIpc) is 3.25. The summed E-state index contributed by atoms with van der Waals surface area (Å²) in [6.07, 6.45) is -2.28. The highest BCUT2D eigenvalue weighted by molar-refractivity contribution is 5.97. The van der Waals surface area contributed by atoms with E-state index in [9.17, 15) is 22.8 Å². The third-order valence-corrected chi connectivity index (χ3v) is 7.87. The third-order valence-electron chi connectivity index (χ3n) is 7.87. The van der Waals surface area contributed by atoms with Crippen LogP contribution in [-0.2, 0) is 17.5 Å². The largest absolute Gasteiger partial charge is 0.494 e. The molecule has 6 nitrogen and oxygen atoms in total. The average molecular weight is 553 g/mol. The monoisotopic (exact) mass is 552 g/mol. The number of anilines is 1. The Hall–Kier alpha value is -3.85. The van der Waals surface area contributed by atoms with Gasteiger partial charge in [-0.3, -0.25) is 9.69 Å². The fraction of sp³-hybridized carbons (Fsp3) is 0.355. The molecule has 0 radical (unpaired) electrons. The normalized spacial score (nSPS) is 17.4. The number of nitrogens with zero attached hydrogens (tertiary/aromatic N) is 2. The molecule has 2 saturated heterocycles. The van der Waals surface area contributed by atoms with E-state index in [1.807, 2.05) is 19.1 Å². The highest BCUT2D eigenvalue weighted by Crippen LogP contribution is 2.43. The highest BCUT2D eigenvalue weighted by atomic mass is 19.4. The van der Waals surface area contributed by atoms with Gasteiger partial charge in [-0.05, 0) is 110 Å². The molecule has 40 heavy (non-hydrogen) atoms. The number of aromatic carboxylic acids is 1. The molecule has 1 amide bonds. The molecule has 5 rings (SSSR count). The van der Waals surface area contributed by atoms with Crippen molar-refractivity contribution in [2.45, 2.75) is 38.9 Å². The van der Waals surface area contributed by atoms with E-state index in [-0.39, 0.29) is 16.9 Å². The van der Waals surface area contributed by atoms with Gasteiger partial charge >= 0.3 is 12.1 Å². The number of ether oxygens (including phenoxy) is 1. The van der Waals surface area contributed by atoms with E-state index >= 15 is 0 Å². The minimum atomic E-state index is -4.42. The summed E-state index contributed by atoms with van der Waals surface area (Å²) in [5.41, 5.74) is 2.19. The van der Waals surface area contributed by atoms with Crippen molar-refractivity contribution in [3.05, 3.63) is 83.4 Å². The number of carboxylic acid groups (broad SMARTS) is 1. The first-order chi connectivity index (χ1) is 19.0. The fourth-order valence-corrected chi connectivity index (χ4v) is 5.74. The number of halogens is 3. The molecular formula is C31H31F3N2O4. The fourth-order valence-electron chi connectivity index (χ4n) is 5.74. The van der Waals surface area contributed by atoms with Gasteiger partial charge in [0.2, 0.25) is 5.91 Å². The number of carbonyl (C=O) groups excluding carboxylic acids is 1. The Kier molecular flexibility index (Phi) is 7.59. The maximum Gasteiger partial charge on any atom is 0.416 e. The lowest BCUT2D eigenvalue weighted by atomic mass is 9.77. The summed E-state index contributed by atoms with van der Waals surface area (Å²) in [6, 6.07) is 17.4. The van der Waals surface area contributed by atoms with Crippen molar-refractivity contribution in [1.82, 2.24) is 4.90 Å². The van der Waals surface area contributed by atoms with Crippen LogP contribution in [0, 0.1) is 5.41 Å². The van der Waals surface area contributed by atoms with Gasteiger partial charge in [-0.15, -0.1) is 0 Å². The van der Waals surface area contributed by atoms with Crippen LogP contribution >= 0.6 is 0 Å². The molecule has 2 aliphatic rings. The Morgan fingerprint density at radius 2 is 1.73 bits per heavy atom. The van der Waals surface area contributed by atoms with Crippen LogP contribution in [0.1, 0.15) is 47.7 Å². The lowest BCUT2D eigenvalue weighted by Crippen LogP contribution is -2.41. The quantitative estimate of drug-likeness (QED) is 0.363. The Labute approximate surface area is 231 Å². The Bertz CT molecular complexity index is 1400. The Balaban J connectivity index is 1.28. The molecule has 210 valence electrons. The maximum absolute atomic E-state index is 13.3. The molecule has 0 unspecified atom stereocenters. The summed E-state index contributed by atoms with van der Waals surface area (Å²) >= 11 is 0. The zero-order valence-electron chi connectivity index (χ0n) is 22.2. The van der Waals surface area contributed by atoms with Crippen molar-refractivity contribution in [3.8, 4) is 16.9 Å². The van der Waals surface area contributed by atoms with Gasteiger partial charge in [-0.2, -0.15) is 13.2 Å². The van der Waals surface area contributed by atoms with Crippen molar-refractivity contribution in [3.63, 3.8) is 0 Å². The molecule has 9 heteroatoms. The Morgan fingerprint density at radius 1 is 1.00 bits per heavy atom. The molecule has 0 saturated carbocycles. The number of rotatable bonds is 7. The van der Waals surface area contributed by atoms with E-state index in [0.717, 1.165) is 43.6 Å². The van der Waals surface area contributed by atoms with Crippen molar-refractivity contribution in [2.75, 3.05) is 31.1 Å². The minimum absolute atomic E-state index is 0.0478. The Morgan fingerprint density at radius 3 is 2.38 bits per heavy atom. The maximum atomic E-state index is 13.3. The number of carbonyl (C=O) groups is 2. The number of benzene rings is 3. The predicted octanol–water partition coefficient (Wildman–Crippen LogP) is 6.49. The van der Waals surface area contributed by atoms with Crippen LogP contribution in [0.5, 0.6) is 5.75 Å². The zero-order valence-corrected chi connectivity index (χ0v) is 22.2. The molecule has 3 aromatic rings. The van der Waals surface area contributed by atoms with E-state index in [2.05, 4.69) is 4.90 Å². The topological polar surface area (TPSA) is 70.1 Å². The van der Waals surface area contributed by atoms with Crippen molar-refractivity contribution in [1.29, 1.82) is 0 Å². The molecule has 1 N–H and O–H groups in total. The third kappa shape index (κ3) is 5.99. The molecule has 2 aliphatic heterocycles. The molecule has 0 atom stereocenters. The molecule has 0 aromatic heterocycles. The van der Waals surface area contributed by atoms with Crippen LogP contribution in [0.25, 0.3) is 11.1 Å². The van der Waals surface area contributed by atoms with Crippen LogP contribution in [0.4, 0.5) is 18.9 Å². The van der Waals surface area contributed by atoms with E-state index in [1.54, 1.807) is 29.2 Å². The molecule has 2 fully saturated rings. The van der Waals surface area contributed by atoms with Gasteiger partial charge in [0, 0.05) is 25.2 Å². The molecule has 2 heterocycles. The van der Waals surface area contributed by atoms with Gasteiger partial charge in [-0.25, -0.2) is 4.79 Å². The lowest BCUT2D eigenvalue weighted by molar-refractivity contribution is -0.137. The van der Waals surface area contributed by atoms with Crippen LogP contribution < -0.4 is 9.64 Å². The lowest BCUT2D eigenvalue weighted by Gasteiger charge is -2.39. The molecule has 0 bridgehead atoms. The van der Waals surface area contributed by atoms with Gasteiger partial charge in [0.05, 0.1) is 17.7 Å². The smallest absolute Gasteiger partial charge is 0.416 e. The number of likely N-dealkylation sites (tertiary alicyclic amines) is 1. The predicted molar refractivity (Wildman–Crippen MR) is 145 cm³/mol. The number of hydrogen-bond acceptors (Lipinski definition) is 4. The van der Waals surface area contributed by atoms with Crippen LogP contribution in [0.15, 0.2) is 66.7 Å². The summed E-state index contributed by atoms with van der Waals surface area (Å²) in [4.78, 5) is 28.1. The number of amides is 1. The van der Waals surface area contributed by atoms with Gasteiger partial charge in [0.1, 0.15) is 5.75 Å². The second-order valence-electron chi connectivity index (χ2n) is 10.7. The van der Waals surface area contributed by atoms with Gasteiger partial charge in [0.15, 0.2) is 0 Å². The van der Waals surface area contributed by atoms with E-state index in [4.69, 9.17) is 9.84 Å². The van der Waals surface area contributed by atoms with Crippen LogP contribution in [0.2, 0.25) is 0 Å². The van der Waals surface area contributed by atoms with E-state index < -0.39 is 17.7 Å². The summed E-state index contributed by atoms with van der Waals surface area (Å²) in [5, 5.41) is 9.14. The molecule has 0 aliphatic carbocycles. The summed E-state index contributed by atoms with van der Waals surface area (Å²) in [5.74, 6) is -0.338. The van der Waals surface area contributed by atoms with Crippen LogP contribution in [-0.4, -0.2) is 48.1 Å². The van der Waals surface area contributed by atoms with Crippen molar-refractivity contribution >= 4 is 17.6 Å².